The fraction of sp³-hybridized carbons (Fsp3) is 0.368. The number of benzene rings is 1. The molecule has 0 aliphatic rings. The number of aromatic nitrogens is 3. The van der Waals surface area contributed by atoms with E-state index in [1.54, 1.807) is 18.3 Å². The molecule has 28 heavy (non-hydrogen) atoms. The number of fused-ring (bicyclic) bond motifs is 1. The molecule has 0 saturated carbocycles. The monoisotopic (exact) mass is 404 g/mol. The van der Waals surface area contributed by atoms with E-state index in [4.69, 9.17) is 4.74 Å². The highest BCUT2D eigenvalue weighted by molar-refractivity contribution is 7.93. The van der Waals surface area contributed by atoms with Crippen molar-refractivity contribution in [2.24, 2.45) is 0 Å². The maximum absolute atomic E-state index is 13.1. The molecule has 9 heteroatoms. The lowest BCUT2D eigenvalue weighted by Gasteiger charge is -2.23. The van der Waals surface area contributed by atoms with Gasteiger partial charge in [-0.15, -0.1) is 0 Å². The van der Waals surface area contributed by atoms with Crippen molar-refractivity contribution in [2.75, 3.05) is 19.0 Å². The highest BCUT2D eigenvalue weighted by Crippen LogP contribution is 2.37. The van der Waals surface area contributed by atoms with Crippen molar-refractivity contribution < 1.29 is 18.3 Å². The molecule has 3 aromatic rings. The van der Waals surface area contributed by atoms with Crippen LogP contribution in [0.4, 0.5) is 11.5 Å². The number of anilines is 2. The summed E-state index contributed by atoms with van der Waals surface area (Å²) in [5, 5.41) is 20.6. The number of pyridine rings is 1. The number of ether oxygens (including phenoxy) is 1. The lowest BCUT2D eigenvalue weighted by atomic mass is 10.1. The van der Waals surface area contributed by atoms with Gasteiger partial charge in [0.25, 0.3) is 0 Å². The smallest absolute Gasteiger partial charge is 0.189 e. The SMILES string of the molecule is COc1cc2nccc(Nc3n[nH]c(C)c3C)c2cc1S(=O)(=O)C(C)(C)CO. The zero-order valence-corrected chi connectivity index (χ0v) is 17.3. The molecule has 0 amide bonds. The van der Waals surface area contributed by atoms with E-state index in [1.807, 2.05) is 13.8 Å². The van der Waals surface area contributed by atoms with Gasteiger partial charge in [0.15, 0.2) is 15.7 Å². The van der Waals surface area contributed by atoms with Crippen molar-refractivity contribution in [3.63, 3.8) is 0 Å². The molecule has 0 aliphatic heterocycles. The zero-order chi connectivity index (χ0) is 20.7. The lowest BCUT2D eigenvalue weighted by Crippen LogP contribution is -2.36. The Hall–Kier alpha value is -2.65. The highest BCUT2D eigenvalue weighted by Gasteiger charge is 2.37. The van der Waals surface area contributed by atoms with Crippen LogP contribution in [0.15, 0.2) is 29.3 Å². The summed E-state index contributed by atoms with van der Waals surface area (Å²) in [6.45, 7) is 6.30. The molecule has 0 radical (unpaired) electrons. The van der Waals surface area contributed by atoms with E-state index in [-0.39, 0.29) is 10.6 Å². The molecule has 8 nitrogen and oxygen atoms in total. The number of aliphatic hydroxyl groups is 1. The summed E-state index contributed by atoms with van der Waals surface area (Å²) in [5.74, 6) is 0.839. The molecule has 0 bridgehead atoms. The zero-order valence-electron chi connectivity index (χ0n) is 16.5. The Morgan fingerprint density at radius 3 is 2.57 bits per heavy atom. The average Bonchev–Trinajstić information content (AvgIpc) is 2.99. The standard InChI is InChI=1S/C19H24N4O4S/c1-11-12(2)22-23-18(11)21-14-6-7-20-15-9-16(27-5)17(8-13(14)15)28(25,26)19(3,4)10-24/h6-9,24H,10H2,1-5H3,(H2,20,21,22,23). The number of sulfone groups is 1. The summed E-state index contributed by atoms with van der Waals surface area (Å²) in [7, 11) is -2.46. The van der Waals surface area contributed by atoms with Gasteiger partial charge >= 0.3 is 0 Å². The Bertz CT molecular complexity index is 1140. The molecule has 3 N–H and O–H groups in total. The number of H-pyrrole nitrogens is 1. The normalized spacial score (nSPS) is 12.4. The van der Waals surface area contributed by atoms with Crippen molar-refractivity contribution in [2.45, 2.75) is 37.3 Å². The van der Waals surface area contributed by atoms with E-state index in [0.717, 1.165) is 11.3 Å². The van der Waals surface area contributed by atoms with E-state index in [1.165, 1.54) is 27.0 Å². The predicted molar refractivity (Wildman–Crippen MR) is 108 cm³/mol. The Morgan fingerprint density at radius 1 is 1.29 bits per heavy atom. The van der Waals surface area contributed by atoms with Gasteiger partial charge in [0, 0.05) is 28.9 Å². The van der Waals surface area contributed by atoms with Gasteiger partial charge in [-0.05, 0) is 39.8 Å². The molecule has 3 rings (SSSR count). The van der Waals surface area contributed by atoms with Crippen LogP contribution in [0.25, 0.3) is 10.9 Å². The largest absolute Gasteiger partial charge is 0.495 e. The van der Waals surface area contributed by atoms with E-state index in [2.05, 4.69) is 20.5 Å². The topological polar surface area (TPSA) is 117 Å². The fourth-order valence-corrected chi connectivity index (χ4v) is 4.19. The summed E-state index contributed by atoms with van der Waals surface area (Å²) in [6.07, 6.45) is 1.63. The highest BCUT2D eigenvalue weighted by atomic mass is 32.2. The van der Waals surface area contributed by atoms with Crippen molar-refractivity contribution >= 4 is 32.2 Å². The van der Waals surface area contributed by atoms with Gasteiger partial charge in [-0.1, -0.05) is 0 Å². The Morgan fingerprint density at radius 2 is 2.00 bits per heavy atom. The molecule has 2 heterocycles. The first-order chi connectivity index (χ1) is 13.1. The van der Waals surface area contributed by atoms with Crippen LogP contribution in [0.5, 0.6) is 5.75 Å². The Balaban J connectivity index is 2.23. The van der Waals surface area contributed by atoms with Gasteiger partial charge in [0.05, 0.1) is 29.7 Å². The number of hydrogen-bond acceptors (Lipinski definition) is 7. The third-order valence-electron chi connectivity index (χ3n) is 4.93. The third kappa shape index (κ3) is 3.20. The minimum atomic E-state index is -3.87. The summed E-state index contributed by atoms with van der Waals surface area (Å²) in [5.41, 5.74) is 3.15. The van der Waals surface area contributed by atoms with Crippen LogP contribution in [0.2, 0.25) is 0 Å². The molecular formula is C19H24N4O4S. The van der Waals surface area contributed by atoms with Crippen molar-refractivity contribution in [1.82, 2.24) is 15.2 Å². The summed E-state index contributed by atoms with van der Waals surface area (Å²) >= 11 is 0. The van der Waals surface area contributed by atoms with Crippen LogP contribution in [-0.2, 0) is 9.84 Å². The Labute approximate surface area is 163 Å². The first-order valence-corrected chi connectivity index (χ1v) is 10.2. The molecular weight excluding hydrogens is 380 g/mol. The van der Waals surface area contributed by atoms with Crippen LogP contribution in [0.3, 0.4) is 0 Å². The summed E-state index contributed by atoms with van der Waals surface area (Å²) < 4.78 is 30.2. The van der Waals surface area contributed by atoms with Crippen molar-refractivity contribution in [1.29, 1.82) is 0 Å². The van der Waals surface area contributed by atoms with Gasteiger partial charge in [0.2, 0.25) is 0 Å². The molecule has 0 aliphatic carbocycles. The first-order valence-electron chi connectivity index (χ1n) is 8.73. The van der Waals surface area contributed by atoms with Crippen LogP contribution in [0, 0.1) is 13.8 Å². The molecule has 0 saturated heterocycles. The van der Waals surface area contributed by atoms with Crippen LogP contribution < -0.4 is 10.1 Å². The molecule has 150 valence electrons. The fourth-order valence-electron chi connectivity index (χ4n) is 2.75. The van der Waals surface area contributed by atoms with Crippen LogP contribution in [0.1, 0.15) is 25.1 Å². The molecule has 0 fully saturated rings. The number of aromatic amines is 1. The number of nitrogens with zero attached hydrogens (tertiary/aromatic N) is 2. The molecule has 2 aromatic heterocycles. The van der Waals surface area contributed by atoms with E-state index in [0.29, 0.717) is 22.4 Å². The number of nitrogens with one attached hydrogen (secondary N) is 2. The van der Waals surface area contributed by atoms with Gasteiger partial charge in [-0.25, -0.2) is 8.42 Å². The maximum atomic E-state index is 13.1. The second-order valence-corrected chi connectivity index (χ2v) is 9.80. The van der Waals surface area contributed by atoms with Crippen LogP contribution >= 0.6 is 0 Å². The number of hydrogen-bond donors (Lipinski definition) is 3. The number of rotatable bonds is 6. The first kappa shape index (κ1) is 20.1. The summed E-state index contributed by atoms with van der Waals surface area (Å²) in [6, 6.07) is 4.88. The third-order valence-corrected chi connectivity index (χ3v) is 7.41. The van der Waals surface area contributed by atoms with Gasteiger partial charge < -0.3 is 15.2 Å². The van der Waals surface area contributed by atoms with Gasteiger partial charge in [0.1, 0.15) is 10.6 Å². The molecule has 0 spiro atoms. The second-order valence-electron chi connectivity index (χ2n) is 7.25. The van der Waals surface area contributed by atoms with Crippen LogP contribution in [-0.4, -0.2) is 47.2 Å². The number of methoxy groups -OCH3 is 1. The van der Waals surface area contributed by atoms with Crippen molar-refractivity contribution in [3.8, 4) is 5.75 Å². The van der Waals surface area contributed by atoms with E-state index in [9.17, 15) is 13.5 Å². The maximum Gasteiger partial charge on any atom is 0.189 e. The predicted octanol–water partition coefficient (Wildman–Crippen LogP) is 2.87. The lowest BCUT2D eigenvalue weighted by molar-refractivity contribution is 0.258. The Kier molecular flexibility index (Phi) is 5.07. The minimum absolute atomic E-state index is 0.00697. The van der Waals surface area contributed by atoms with E-state index >= 15 is 0 Å². The second kappa shape index (κ2) is 7.06. The minimum Gasteiger partial charge on any atom is -0.495 e. The van der Waals surface area contributed by atoms with E-state index < -0.39 is 21.2 Å². The molecule has 0 atom stereocenters. The van der Waals surface area contributed by atoms with Gasteiger partial charge in [-0.2, -0.15) is 5.10 Å². The molecule has 1 aromatic carbocycles. The van der Waals surface area contributed by atoms with Gasteiger partial charge in [-0.3, -0.25) is 10.1 Å². The summed E-state index contributed by atoms with van der Waals surface area (Å²) in [4.78, 5) is 4.34. The molecule has 0 unspecified atom stereocenters. The number of aryl methyl sites for hydroxylation is 1. The van der Waals surface area contributed by atoms with Crippen molar-refractivity contribution in [3.05, 3.63) is 35.7 Å². The number of aliphatic hydroxyl groups excluding tert-OH is 1. The quantitative estimate of drug-likeness (QED) is 0.578. The average molecular weight is 404 g/mol.